The highest BCUT2D eigenvalue weighted by Crippen LogP contribution is 2.42. The summed E-state index contributed by atoms with van der Waals surface area (Å²) in [5, 5.41) is 16.7. The fourth-order valence-electron chi connectivity index (χ4n) is 7.52. The normalized spacial score (nSPS) is 11.1. The van der Waals surface area contributed by atoms with E-state index in [9.17, 15) is 5.26 Å². The average Bonchev–Trinajstić information content (AvgIpc) is 3.52. The fraction of sp³-hybridized carbons (Fsp3) is 0. The summed E-state index contributed by atoms with van der Waals surface area (Å²) in [5.74, 6) is 0. The molecule has 0 radical (unpaired) electrons. The van der Waals surface area contributed by atoms with Crippen LogP contribution in [0.3, 0.4) is 0 Å². The summed E-state index contributed by atoms with van der Waals surface area (Å²) in [6.07, 6.45) is 0. The Morgan fingerprint density at radius 3 is 1.62 bits per heavy atom. The lowest BCUT2D eigenvalue weighted by Gasteiger charge is -2.36. The van der Waals surface area contributed by atoms with Crippen molar-refractivity contribution in [2.24, 2.45) is 0 Å². The van der Waals surface area contributed by atoms with Crippen molar-refractivity contribution in [1.82, 2.24) is 4.57 Å². The Morgan fingerprint density at radius 1 is 0.500 bits per heavy atom. The number of para-hydroxylation sites is 1. The van der Waals surface area contributed by atoms with Crippen LogP contribution in [0.15, 0.2) is 170 Å². The van der Waals surface area contributed by atoms with E-state index < -0.39 is 8.07 Å². The Morgan fingerprint density at radius 2 is 1.02 bits per heavy atom. The third-order valence-electron chi connectivity index (χ3n) is 9.62. The van der Waals surface area contributed by atoms with Gasteiger partial charge in [0.1, 0.15) is 0 Å². The van der Waals surface area contributed by atoms with Crippen molar-refractivity contribution >= 4 is 62.0 Å². The molecule has 0 aliphatic carbocycles. The first kappa shape index (κ1) is 30.4. The van der Waals surface area contributed by atoms with Gasteiger partial charge in [0.25, 0.3) is 0 Å². The number of nitrogens with zero attached hydrogens (tertiary/aromatic N) is 4. The molecule has 0 unspecified atom stereocenters. The van der Waals surface area contributed by atoms with E-state index in [1.807, 2.05) is 42.5 Å². The quantitative estimate of drug-likeness (QED) is 0.101. The van der Waals surface area contributed by atoms with Gasteiger partial charge in [0.05, 0.1) is 35.8 Å². The molecule has 50 heavy (non-hydrogen) atoms. The third-order valence-corrected chi connectivity index (χ3v) is 14.5. The molecule has 7 aromatic carbocycles. The van der Waals surface area contributed by atoms with Crippen LogP contribution in [-0.2, 0) is 0 Å². The van der Waals surface area contributed by atoms with E-state index in [2.05, 4.69) is 148 Å². The second-order valence-corrected chi connectivity index (χ2v) is 15.9. The van der Waals surface area contributed by atoms with Gasteiger partial charge in [-0.05, 0) is 62.2 Å². The molecule has 8 rings (SSSR count). The molecule has 5 heteroatoms. The van der Waals surface area contributed by atoms with Crippen LogP contribution in [-0.4, -0.2) is 12.6 Å². The number of rotatable bonds is 6. The first-order valence-corrected chi connectivity index (χ1v) is 18.3. The molecule has 0 saturated carbocycles. The summed E-state index contributed by atoms with van der Waals surface area (Å²) in [5.41, 5.74) is 5.76. The molecule has 0 spiro atoms. The minimum atomic E-state index is -2.99. The van der Waals surface area contributed by atoms with Gasteiger partial charge in [-0.3, -0.25) is 9.69 Å². The molecule has 232 valence electrons. The molecule has 0 amide bonds. The Hall–Kier alpha value is -6.97. The molecule has 0 aliphatic rings. The molecule has 0 aliphatic heterocycles. The largest absolute Gasteiger partial charge is 0.310 e. The molecule has 0 atom stereocenters. The van der Waals surface area contributed by atoms with Crippen molar-refractivity contribution in [2.45, 2.75) is 0 Å². The smallest absolute Gasteiger partial charge is 0.196 e. The first-order chi connectivity index (χ1) is 24.7. The zero-order valence-electron chi connectivity index (χ0n) is 27.0. The topological polar surface area (TPSA) is 37.4 Å². The first-order valence-electron chi connectivity index (χ1n) is 16.3. The van der Waals surface area contributed by atoms with Crippen molar-refractivity contribution < 1.29 is 0 Å². The molecule has 1 aromatic heterocycles. The SMILES string of the molecule is [C-]#[N+]c1cc(-c2ccccc2[Si](c2ccccc2)(c2ccccc2)c2ccccc2)c(-n2c3ccccc3c3cc(C#N)ccc32)cc1[N+]#[C-]. The van der Waals surface area contributed by atoms with Crippen LogP contribution in [0.2, 0.25) is 0 Å². The minimum absolute atomic E-state index is 0.300. The van der Waals surface area contributed by atoms with Crippen molar-refractivity contribution in [3.63, 3.8) is 0 Å². The highest BCUT2D eigenvalue weighted by molar-refractivity contribution is 7.20. The molecule has 4 nitrogen and oxygen atoms in total. The summed E-state index contributed by atoms with van der Waals surface area (Å²) in [6, 6.07) is 61.0. The summed E-state index contributed by atoms with van der Waals surface area (Å²) >= 11 is 0. The van der Waals surface area contributed by atoms with E-state index >= 15 is 0 Å². The van der Waals surface area contributed by atoms with Crippen molar-refractivity contribution in [3.05, 3.63) is 198 Å². The Balaban J connectivity index is 1.55. The van der Waals surface area contributed by atoms with Gasteiger partial charge in [-0.25, -0.2) is 0 Å². The molecule has 0 fully saturated rings. The molecule has 0 saturated heterocycles. The van der Waals surface area contributed by atoms with Gasteiger partial charge in [-0.2, -0.15) is 5.26 Å². The van der Waals surface area contributed by atoms with E-state index in [0.29, 0.717) is 16.9 Å². The summed E-state index contributed by atoms with van der Waals surface area (Å²) in [6.45, 7) is 16.2. The van der Waals surface area contributed by atoms with Crippen LogP contribution in [0.5, 0.6) is 0 Å². The van der Waals surface area contributed by atoms with E-state index in [4.69, 9.17) is 13.1 Å². The lowest BCUT2D eigenvalue weighted by Crippen LogP contribution is -2.75. The number of aromatic nitrogens is 1. The van der Waals surface area contributed by atoms with Gasteiger partial charge < -0.3 is 4.57 Å². The maximum absolute atomic E-state index is 9.79. The van der Waals surface area contributed by atoms with Crippen LogP contribution in [0.4, 0.5) is 11.4 Å². The van der Waals surface area contributed by atoms with E-state index in [1.54, 1.807) is 0 Å². The second kappa shape index (κ2) is 12.6. The molecule has 8 aromatic rings. The summed E-state index contributed by atoms with van der Waals surface area (Å²) in [7, 11) is -2.99. The Bertz CT molecular complexity index is 2580. The monoisotopic (exact) mass is 652 g/mol. The van der Waals surface area contributed by atoms with E-state index in [-0.39, 0.29) is 0 Å². The van der Waals surface area contributed by atoms with Crippen LogP contribution < -0.4 is 20.7 Å². The molecular weight excluding hydrogens is 625 g/mol. The predicted octanol–water partition coefficient (Wildman–Crippen LogP) is 8.80. The van der Waals surface area contributed by atoms with Gasteiger partial charge in [-0.1, -0.05) is 140 Å². The minimum Gasteiger partial charge on any atom is -0.310 e. The maximum atomic E-state index is 9.79. The predicted molar refractivity (Wildman–Crippen MR) is 207 cm³/mol. The van der Waals surface area contributed by atoms with Gasteiger partial charge >= 0.3 is 0 Å². The van der Waals surface area contributed by atoms with Crippen LogP contribution in [0.1, 0.15) is 5.56 Å². The van der Waals surface area contributed by atoms with Crippen LogP contribution in [0, 0.1) is 24.5 Å². The second-order valence-electron chi connectivity index (χ2n) is 12.2. The van der Waals surface area contributed by atoms with Crippen LogP contribution in [0.25, 0.3) is 48.3 Å². The van der Waals surface area contributed by atoms with Crippen molar-refractivity contribution in [2.75, 3.05) is 0 Å². The number of hydrogen-bond acceptors (Lipinski definition) is 1. The summed E-state index contributed by atoms with van der Waals surface area (Å²) in [4.78, 5) is 7.70. The van der Waals surface area contributed by atoms with Gasteiger partial charge in [-0.15, -0.1) is 0 Å². The lowest BCUT2D eigenvalue weighted by molar-refractivity contribution is 1.18. The van der Waals surface area contributed by atoms with E-state index in [1.165, 1.54) is 20.7 Å². The molecular formula is C45H28N4Si. The summed E-state index contributed by atoms with van der Waals surface area (Å²) < 4.78 is 2.19. The Labute approximate surface area is 292 Å². The zero-order valence-corrected chi connectivity index (χ0v) is 28.0. The molecule has 1 heterocycles. The zero-order chi connectivity index (χ0) is 34.1. The van der Waals surface area contributed by atoms with Gasteiger partial charge in [0.15, 0.2) is 19.4 Å². The molecule has 0 N–H and O–H groups in total. The Kier molecular flexibility index (Phi) is 7.63. The fourth-order valence-corrected chi connectivity index (χ4v) is 12.5. The number of nitriles is 1. The number of fused-ring (bicyclic) bond motifs is 3. The van der Waals surface area contributed by atoms with E-state index in [0.717, 1.165) is 38.6 Å². The van der Waals surface area contributed by atoms with Crippen LogP contribution >= 0.6 is 0 Å². The van der Waals surface area contributed by atoms with Crippen molar-refractivity contribution in [3.8, 4) is 22.9 Å². The number of benzene rings is 7. The highest BCUT2D eigenvalue weighted by Gasteiger charge is 2.43. The maximum Gasteiger partial charge on any atom is 0.196 e. The standard InChI is InChI=1S/C45H28N4Si/c1-47-40-29-39(44(30-41(40)48-2)49-42-24-14-12-22-36(42)38-28-32(31-46)26-27-43(38)49)37-23-13-15-25-45(37)50(33-16-6-3-7-17-33,34-18-8-4-9-19-34)35-20-10-5-11-21-35/h3-30H. The van der Waals surface area contributed by atoms with Crippen molar-refractivity contribution in [1.29, 1.82) is 5.26 Å². The van der Waals surface area contributed by atoms with Gasteiger partial charge in [0, 0.05) is 16.5 Å². The van der Waals surface area contributed by atoms with Gasteiger partial charge in [0.2, 0.25) is 0 Å². The average molecular weight is 653 g/mol. The third kappa shape index (κ3) is 4.72. The number of hydrogen-bond donors (Lipinski definition) is 0. The highest BCUT2D eigenvalue weighted by atomic mass is 28.3. The molecule has 0 bridgehead atoms. The lowest BCUT2D eigenvalue weighted by atomic mass is 10.0.